The minimum absolute atomic E-state index is 0.0875. The van der Waals surface area contributed by atoms with E-state index in [1.165, 1.54) is 13.2 Å². The first kappa shape index (κ1) is 20.2. The van der Waals surface area contributed by atoms with Crippen LogP contribution in [0.1, 0.15) is 29.2 Å². The second-order valence-corrected chi connectivity index (χ2v) is 7.27. The van der Waals surface area contributed by atoms with Gasteiger partial charge in [-0.3, -0.25) is 14.5 Å². The highest BCUT2D eigenvalue weighted by atomic mass is 16.6. The molecule has 0 bridgehead atoms. The van der Waals surface area contributed by atoms with E-state index in [-0.39, 0.29) is 11.4 Å². The summed E-state index contributed by atoms with van der Waals surface area (Å²) in [5.74, 6) is 0.954. The molecular weight excluding hydrogens is 394 g/mol. The van der Waals surface area contributed by atoms with Crippen LogP contribution in [-0.2, 0) is 6.42 Å². The van der Waals surface area contributed by atoms with E-state index in [4.69, 9.17) is 9.72 Å². The van der Waals surface area contributed by atoms with E-state index in [0.29, 0.717) is 28.9 Å². The summed E-state index contributed by atoms with van der Waals surface area (Å²) < 4.78 is 7.21. The second-order valence-electron chi connectivity index (χ2n) is 7.27. The zero-order chi connectivity index (χ0) is 22.3. The van der Waals surface area contributed by atoms with Crippen molar-refractivity contribution in [1.29, 1.82) is 5.26 Å². The summed E-state index contributed by atoms with van der Waals surface area (Å²) >= 11 is 0. The van der Waals surface area contributed by atoms with Crippen LogP contribution >= 0.6 is 0 Å². The van der Waals surface area contributed by atoms with E-state index in [1.807, 2.05) is 42.5 Å². The number of para-hydroxylation sites is 2. The lowest BCUT2D eigenvalue weighted by Gasteiger charge is -2.19. The van der Waals surface area contributed by atoms with Gasteiger partial charge >= 0.3 is 5.69 Å². The van der Waals surface area contributed by atoms with Crippen LogP contribution in [0.4, 0.5) is 17.2 Å². The number of methoxy groups -OCH3 is 1. The zero-order valence-electron chi connectivity index (χ0n) is 17.7. The third kappa shape index (κ3) is 3.11. The molecule has 0 unspecified atom stereocenters. The predicted octanol–water partition coefficient (Wildman–Crippen LogP) is 5.20. The first-order valence-electron chi connectivity index (χ1n) is 9.84. The maximum Gasteiger partial charge on any atom is 0.311 e. The summed E-state index contributed by atoms with van der Waals surface area (Å²) in [7, 11) is 1.41. The molecule has 0 saturated heterocycles. The molecule has 1 N–H and O–H groups in total. The van der Waals surface area contributed by atoms with E-state index in [0.717, 1.165) is 28.0 Å². The Balaban J connectivity index is 2.05. The highest BCUT2D eigenvalue weighted by molar-refractivity contribution is 5.87. The van der Waals surface area contributed by atoms with Crippen molar-refractivity contribution in [3.63, 3.8) is 0 Å². The molecule has 156 valence electrons. The fourth-order valence-electron chi connectivity index (χ4n) is 3.99. The number of hydrogen-bond acceptors (Lipinski definition) is 6. The van der Waals surface area contributed by atoms with E-state index in [1.54, 1.807) is 13.0 Å². The molecule has 4 aromatic rings. The summed E-state index contributed by atoms with van der Waals surface area (Å²) in [6, 6.07) is 13.1. The minimum Gasteiger partial charge on any atom is -0.490 e. The zero-order valence-corrected chi connectivity index (χ0v) is 17.7. The molecule has 4 rings (SSSR count). The molecule has 0 aliphatic rings. The number of rotatable bonds is 5. The first-order chi connectivity index (χ1) is 14.9. The van der Waals surface area contributed by atoms with Crippen LogP contribution in [-0.4, -0.2) is 21.4 Å². The number of nitriles is 1. The highest BCUT2D eigenvalue weighted by Crippen LogP contribution is 2.37. The minimum atomic E-state index is -0.458. The van der Waals surface area contributed by atoms with Crippen molar-refractivity contribution in [3.8, 4) is 11.8 Å². The van der Waals surface area contributed by atoms with Crippen LogP contribution in [0.25, 0.3) is 16.7 Å². The van der Waals surface area contributed by atoms with Crippen molar-refractivity contribution in [2.45, 2.75) is 27.2 Å². The van der Waals surface area contributed by atoms with E-state index < -0.39 is 4.92 Å². The fraction of sp³-hybridized carbons (Fsp3) is 0.217. The van der Waals surface area contributed by atoms with Gasteiger partial charge in [-0.05, 0) is 49.1 Å². The molecule has 0 saturated carbocycles. The van der Waals surface area contributed by atoms with Crippen molar-refractivity contribution >= 4 is 33.9 Å². The summed E-state index contributed by atoms with van der Waals surface area (Å²) in [4.78, 5) is 15.6. The molecule has 2 heterocycles. The van der Waals surface area contributed by atoms with Crippen LogP contribution in [0.5, 0.6) is 5.75 Å². The summed E-state index contributed by atoms with van der Waals surface area (Å²) in [5.41, 5.74) is 5.91. The SMILES string of the molecule is CCc1c(C)c(C#N)c2nc3ccccc3n2c1Nc1cc(OC)c([N+](=O)[O-])cc1C. The molecule has 0 spiro atoms. The van der Waals surface area contributed by atoms with Crippen molar-refractivity contribution < 1.29 is 9.66 Å². The Morgan fingerprint density at radius 2 is 2.03 bits per heavy atom. The van der Waals surface area contributed by atoms with Gasteiger partial charge in [0.1, 0.15) is 11.9 Å². The Hall–Kier alpha value is -4.12. The second kappa shape index (κ2) is 7.61. The number of aromatic nitrogens is 2. The summed E-state index contributed by atoms with van der Waals surface area (Å²) in [6.07, 6.45) is 0.689. The maximum absolute atomic E-state index is 11.4. The van der Waals surface area contributed by atoms with Gasteiger partial charge in [-0.1, -0.05) is 19.1 Å². The molecule has 0 amide bonds. The van der Waals surface area contributed by atoms with Gasteiger partial charge in [0.2, 0.25) is 0 Å². The van der Waals surface area contributed by atoms with Crippen LogP contribution in [0.2, 0.25) is 0 Å². The average molecular weight is 415 g/mol. The van der Waals surface area contributed by atoms with Gasteiger partial charge in [-0.15, -0.1) is 0 Å². The van der Waals surface area contributed by atoms with Gasteiger partial charge in [0, 0.05) is 17.8 Å². The van der Waals surface area contributed by atoms with Crippen LogP contribution in [0.3, 0.4) is 0 Å². The Labute approximate surface area is 178 Å². The molecule has 2 aromatic heterocycles. The fourth-order valence-corrected chi connectivity index (χ4v) is 3.99. The van der Waals surface area contributed by atoms with Crippen LogP contribution < -0.4 is 10.1 Å². The average Bonchev–Trinajstić information content (AvgIpc) is 3.14. The molecule has 0 aliphatic carbocycles. The molecule has 8 heteroatoms. The van der Waals surface area contributed by atoms with E-state index in [2.05, 4.69) is 11.4 Å². The van der Waals surface area contributed by atoms with E-state index >= 15 is 0 Å². The number of benzene rings is 2. The number of imidazole rings is 1. The normalized spacial score (nSPS) is 10.9. The van der Waals surface area contributed by atoms with E-state index in [9.17, 15) is 15.4 Å². The van der Waals surface area contributed by atoms with Gasteiger partial charge in [0.15, 0.2) is 11.4 Å². The number of nitro benzene ring substituents is 1. The van der Waals surface area contributed by atoms with Crippen molar-refractivity contribution in [2.24, 2.45) is 0 Å². The third-order valence-electron chi connectivity index (χ3n) is 5.56. The Morgan fingerprint density at radius 3 is 2.68 bits per heavy atom. The molecule has 2 aromatic carbocycles. The molecule has 0 aliphatic heterocycles. The molecular formula is C23H21N5O3. The maximum atomic E-state index is 11.4. The van der Waals surface area contributed by atoms with Gasteiger partial charge in [-0.25, -0.2) is 4.98 Å². The van der Waals surface area contributed by atoms with Gasteiger partial charge in [0.25, 0.3) is 0 Å². The standard InChI is InChI=1S/C23H21N5O3/c1-5-15-14(3)16(12-24)23-25-17-8-6-7-9-19(17)27(23)22(15)26-18-11-21(31-4)20(28(29)30)10-13(18)2/h6-11,26H,5H2,1-4H3. The number of anilines is 2. The number of nitrogens with one attached hydrogen (secondary N) is 1. The number of nitro groups is 1. The lowest BCUT2D eigenvalue weighted by atomic mass is 10.0. The first-order valence-corrected chi connectivity index (χ1v) is 9.84. The Kier molecular flexibility index (Phi) is 4.95. The Bertz CT molecular complexity index is 1400. The van der Waals surface area contributed by atoms with Gasteiger partial charge in [0.05, 0.1) is 28.6 Å². The highest BCUT2D eigenvalue weighted by Gasteiger charge is 2.22. The molecule has 0 fully saturated rings. The predicted molar refractivity (Wildman–Crippen MR) is 119 cm³/mol. The number of fused-ring (bicyclic) bond motifs is 3. The quantitative estimate of drug-likeness (QED) is 0.355. The molecule has 0 atom stereocenters. The Morgan fingerprint density at radius 1 is 1.29 bits per heavy atom. The number of aryl methyl sites for hydroxylation is 1. The molecule has 31 heavy (non-hydrogen) atoms. The number of nitrogens with zero attached hydrogens (tertiary/aromatic N) is 4. The molecule has 0 radical (unpaired) electrons. The molecule has 8 nitrogen and oxygen atoms in total. The van der Waals surface area contributed by atoms with Crippen molar-refractivity contribution in [3.05, 3.63) is 68.8 Å². The topological polar surface area (TPSA) is 105 Å². The lowest BCUT2D eigenvalue weighted by molar-refractivity contribution is -0.385. The van der Waals surface area contributed by atoms with Gasteiger partial charge in [-0.2, -0.15) is 5.26 Å². The van der Waals surface area contributed by atoms with Crippen LogP contribution in [0.15, 0.2) is 36.4 Å². The monoisotopic (exact) mass is 415 g/mol. The summed E-state index contributed by atoms with van der Waals surface area (Å²) in [6.45, 7) is 5.76. The lowest BCUT2D eigenvalue weighted by Crippen LogP contribution is -2.08. The number of pyridine rings is 1. The van der Waals surface area contributed by atoms with Crippen molar-refractivity contribution in [1.82, 2.24) is 9.38 Å². The summed E-state index contributed by atoms with van der Waals surface area (Å²) in [5, 5.41) is 24.7. The van der Waals surface area contributed by atoms with Gasteiger partial charge < -0.3 is 10.1 Å². The van der Waals surface area contributed by atoms with Crippen LogP contribution in [0, 0.1) is 35.3 Å². The largest absolute Gasteiger partial charge is 0.490 e. The smallest absolute Gasteiger partial charge is 0.311 e. The number of hydrogen-bond donors (Lipinski definition) is 1. The third-order valence-corrected chi connectivity index (χ3v) is 5.56. The number of ether oxygens (including phenoxy) is 1. The van der Waals surface area contributed by atoms with Crippen molar-refractivity contribution in [2.75, 3.05) is 12.4 Å².